The number of aliphatic hydroxyl groups is 1. The van der Waals surface area contributed by atoms with Crippen LogP contribution in [0.3, 0.4) is 0 Å². The molecule has 0 aliphatic carbocycles. The minimum atomic E-state index is -1.26. The SMILES string of the molecule is CCC[C@@](O)(CCc1ccccc1)CC(=O)C(C(=O)OC)[C@H](CC)c1cccc([N+](=O)[O-])c1. The summed E-state index contributed by atoms with van der Waals surface area (Å²) in [6.45, 7) is 3.76. The lowest BCUT2D eigenvalue weighted by molar-refractivity contribution is -0.384. The summed E-state index contributed by atoms with van der Waals surface area (Å²) in [5.41, 5.74) is 0.229. The van der Waals surface area contributed by atoms with Crippen molar-refractivity contribution in [2.45, 2.75) is 63.9 Å². The molecule has 1 N–H and O–H groups in total. The number of nitro groups is 1. The van der Waals surface area contributed by atoms with E-state index in [0.29, 0.717) is 37.7 Å². The first-order chi connectivity index (χ1) is 15.7. The van der Waals surface area contributed by atoms with E-state index in [1.54, 1.807) is 12.1 Å². The minimum Gasteiger partial charge on any atom is -0.468 e. The van der Waals surface area contributed by atoms with Gasteiger partial charge in [-0.05, 0) is 36.8 Å². The van der Waals surface area contributed by atoms with Gasteiger partial charge in [0, 0.05) is 24.5 Å². The van der Waals surface area contributed by atoms with Crippen LogP contribution in [0.5, 0.6) is 0 Å². The lowest BCUT2D eigenvalue weighted by atomic mass is 9.76. The van der Waals surface area contributed by atoms with E-state index in [1.165, 1.54) is 19.2 Å². The molecular weight excluding hydrogens is 422 g/mol. The molecule has 3 atom stereocenters. The monoisotopic (exact) mass is 455 g/mol. The average molecular weight is 456 g/mol. The average Bonchev–Trinajstić information content (AvgIpc) is 2.81. The second-order valence-electron chi connectivity index (χ2n) is 8.47. The Balaban J connectivity index is 2.31. The second-order valence-corrected chi connectivity index (χ2v) is 8.47. The molecule has 0 saturated heterocycles. The van der Waals surface area contributed by atoms with Crippen LogP contribution in [0.25, 0.3) is 0 Å². The fourth-order valence-electron chi connectivity index (χ4n) is 4.40. The third-order valence-electron chi connectivity index (χ3n) is 6.09. The highest BCUT2D eigenvalue weighted by Crippen LogP contribution is 2.35. The molecule has 0 saturated carbocycles. The number of hydrogen-bond donors (Lipinski definition) is 1. The first-order valence-corrected chi connectivity index (χ1v) is 11.4. The van der Waals surface area contributed by atoms with Crippen molar-refractivity contribution in [3.05, 3.63) is 75.8 Å². The Hall–Kier alpha value is -3.06. The van der Waals surface area contributed by atoms with Gasteiger partial charge in [-0.25, -0.2) is 0 Å². The van der Waals surface area contributed by atoms with E-state index in [0.717, 1.165) is 5.56 Å². The fourth-order valence-corrected chi connectivity index (χ4v) is 4.40. The molecule has 0 aromatic heterocycles. The summed E-state index contributed by atoms with van der Waals surface area (Å²) in [6.07, 6.45) is 2.33. The highest BCUT2D eigenvalue weighted by Gasteiger charge is 2.40. The van der Waals surface area contributed by atoms with Gasteiger partial charge in [0.1, 0.15) is 5.92 Å². The molecule has 7 nitrogen and oxygen atoms in total. The molecule has 2 aromatic carbocycles. The number of benzene rings is 2. The van der Waals surface area contributed by atoms with E-state index in [4.69, 9.17) is 4.74 Å². The molecule has 0 fully saturated rings. The Bertz CT molecular complexity index is 945. The molecule has 0 amide bonds. The summed E-state index contributed by atoms with van der Waals surface area (Å²) in [5.74, 6) is -2.85. The van der Waals surface area contributed by atoms with Crippen molar-refractivity contribution < 1.29 is 24.4 Å². The van der Waals surface area contributed by atoms with Crippen LogP contribution in [-0.4, -0.2) is 34.5 Å². The quantitative estimate of drug-likeness (QED) is 0.197. The zero-order valence-electron chi connectivity index (χ0n) is 19.5. The Kier molecular flexibility index (Phi) is 9.73. The Labute approximate surface area is 194 Å². The smallest absolute Gasteiger partial charge is 0.316 e. The number of esters is 1. The molecular formula is C26H33NO6. The van der Waals surface area contributed by atoms with Gasteiger partial charge in [0.25, 0.3) is 5.69 Å². The van der Waals surface area contributed by atoms with Gasteiger partial charge in [-0.1, -0.05) is 62.7 Å². The van der Waals surface area contributed by atoms with Gasteiger partial charge in [0.15, 0.2) is 5.78 Å². The second kappa shape index (κ2) is 12.3. The topological polar surface area (TPSA) is 107 Å². The molecule has 33 heavy (non-hydrogen) atoms. The predicted octanol–water partition coefficient (Wildman–Crippen LogP) is 5.00. The van der Waals surface area contributed by atoms with E-state index in [9.17, 15) is 24.8 Å². The highest BCUT2D eigenvalue weighted by molar-refractivity contribution is 6.00. The number of carbonyl (C=O) groups excluding carboxylic acids is 2. The zero-order valence-corrected chi connectivity index (χ0v) is 19.5. The Morgan fingerprint density at radius 2 is 1.79 bits per heavy atom. The van der Waals surface area contributed by atoms with Crippen LogP contribution < -0.4 is 0 Å². The number of non-ortho nitro benzene ring substituents is 1. The fraction of sp³-hybridized carbons (Fsp3) is 0.462. The Morgan fingerprint density at radius 1 is 1.09 bits per heavy atom. The summed E-state index contributed by atoms with van der Waals surface area (Å²) < 4.78 is 4.94. The number of hydrogen-bond acceptors (Lipinski definition) is 6. The van der Waals surface area contributed by atoms with Gasteiger partial charge in [-0.3, -0.25) is 19.7 Å². The van der Waals surface area contributed by atoms with Gasteiger partial charge in [0.2, 0.25) is 0 Å². The first-order valence-electron chi connectivity index (χ1n) is 11.4. The van der Waals surface area contributed by atoms with Crippen LogP contribution in [0.15, 0.2) is 54.6 Å². The third kappa shape index (κ3) is 7.22. The lowest BCUT2D eigenvalue weighted by Gasteiger charge is -2.31. The van der Waals surface area contributed by atoms with Crippen LogP contribution in [0.1, 0.15) is 63.0 Å². The van der Waals surface area contributed by atoms with Crippen molar-refractivity contribution in [3.63, 3.8) is 0 Å². The van der Waals surface area contributed by atoms with E-state index < -0.39 is 34.1 Å². The van der Waals surface area contributed by atoms with Gasteiger partial charge in [0.05, 0.1) is 17.6 Å². The van der Waals surface area contributed by atoms with E-state index >= 15 is 0 Å². The van der Waals surface area contributed by atoms with E-state index in [-0.39, 0.29) is 12.1 Å². The highest BCUT2D eigenvalue weighted by atomic mass is 16.6. The van der Waals surface area contributed by atoms with Gasteiger partial charge >= 0.3 is 5.97 Å². The van der Waals surface area contributed by atoms with Crippen molar-refractivity contribution in [1.29, 1.82) is 0 Å². The van der Waals surface area contributed by atoms with Crippen molar-refractivity contribution in [2.75, 3.05) is 7.11 Å². The number of carbonyl (C=O) groups is 2. The van der Waals surface area contributed by atoms with Crippen LogP contribution >= 0.6 is 0 Å². The van der Waals surface area contributed by atoms with Crippen LogP contribution in [0.2, 0.25) is 0 Å². The standard InChI is InChI=1S/C26H33NO6/c1-4-15-26(30,16-14-19-10-7-6-8-11-19)18-23(28)24(25(29)33-3)22(5-2)20-12-9-13-21(17-20)27(31)32/h6-13,17,22,24,30H,4-5,14-16,18H2,1-3H3/t22-,24?,26-/m1/s1. The predicted molar refractivity (Wildman–Crippen MR) is 126 cm³/mol. The molecule has 2 rings (SSSR count). The number of nitro benzene ring substituents is 1. The van der Waals surface area contributed by atoms with Crippen LogP contribution in [0, 0.1) is 16.0 Å². The first kappa shape index (κ1) is 26.2. The van der Waals surface area contributed by atoms with E-state index in [2.05, 4.69) is 0 Å². The molecule has 7 heteroatoms. The Morgan fingerprint density at radius 3 is 2.36 bits per heavy atom. The van der Waals surface area contributed by atoms with Crippen LogP contribution in [0.4, 0.5) is 5.69 Å². The molecule has 2 aromatic rings. The number of ketones is 1. The number of Topliss-reactive ketones (excluding diaryl/α,β-unsaturated/α-hetero) is 1. The minimum absolute atomic E-state index is 0.104. The molecule has 0 aliphatic heterocycles. The van der Waals surface area contributed by atoms with Gasteiger partial charge in [-0.2, -0.15) is 0 Å². The molecule has 0 heterocycles. The number of ether oxygens (including phenoxy) is 1. The maximum absolute atomic E-state index is 13.4. The van der Waals surface area contributed by atoms with Gasteiger partial charge in [-0.15, -0.1) is 0 Å². The summed E-state index contributed by atoms with van der Waals surface area (Å²) >= 11 is 0. The molecule has 1 unspecified atom stereocenters. The van der Waals surface area contributed by atoms with Crippen molar-refractivity contribution in [3.8, 4) is 0 Å². The summed E-state index contributed by atoms with van der Waals surface area (Å²) in [7, 11) is 1.22. The summed E-state index contributed by atoms with van der Waals surface area (Å²) in [6, 6.07) is 15.7. The summed E-state index contributed by atoms with van der Waals surface area (Å²) in [5, 5.41) is 22.5. The number of aryl methyl sites for hydroxylation is 1. The van der Waals surface area contributed by atoms with Gasteiger partial charge < -0.3 is 9.84 Å². The van der Waals surface area contributed by atoms with Crippen molar-refractivity contribution in [1.82, 2.24) is 0 Å². The summed E-state index contributed by atoms with van der Waals surface area (Å²) in [4.78, 5) is 36.9. The number of nitrogens with zero attached hydrogens (tertiary/aromatic N) is 1. The molecule has 178 valence electrons. The molecule has 0 spiro atoms. The maximum atomic E-state index is 13.4. The lowest BCUT2D eigenvalue weighted by Crippen LogP contribution is -2.39. The molecule has 0 aliphatic rings. The zero-order chi connectivity index (χ0) is 24.4. The van der Waals surface area contributed by atoms with Crippen molar-refractivity contribution >= 4 is 17.4 Å². The maximum Gasteiger partial charge on any atom is 0.316 e. The number of methoxy groups -OCH3 is 1. The van der Waals surface area contributed by atoms with E-state index in [1.807, 2.05) is 44.2 Å². The molecule has 0 bridgehead atoms. The number of rotatable bonds is 13. The third-order valence-corrected chi connectivity index (χ3v) is 6.09. The van der Waals surface area contributed by atoms with Crippen LogP contribution in [-0.2, 0) is 20.7 Å². The van der Waals surface area contributed by atoms with Crippen molar-refractivity contribution in [2.24, 2.45) is 5.92 Å². The molecule has 0 radical (unpaired) electrons. The largest absolute Gasteiger partial charge is 0.468 e. The normalized spacial score (nSPS) is 14.7.